The summed E-state index contributed by atoms with van der Waals surface area (Å²) in [5, 5.41) is 12.1. The van der Waals surface area contributed by atoms with Crippen LogP contribution in [0.2, 0.25) is 0 Å². The van der Waals surface area contributed by atoms with Crippen molar-refractivity contribution in [1.29, 1.82) is 0 Å². The Labute approximate surface area is 144 Å². The third kappa shape index (κ3) is 2.82. The molecular formula is C16H21FN6O2. The molecule has 9 heteroatoms. The Morgan fingerprint density at radius 2 is 2.28 bits per heavy atom. The van der Waals surface area contributed by atoms with E-state index in [1.54, 1.807) is 24.0 Å². The summed E-state index contributed by atoms with van der Waals surface area (Å²) in [6, 6.07) is 1.77. The quantitative estimate of drug-likeness (QED) is 0.818. The van der Waals surface area contributed by atoms with Crippen LogP contribution in [0.4, 0.5) is 4.39 Å². The van der Waals surface area contributed by atoms with Crippen LogP contribution in [-0.2, 0) is 22.2 Å². The predicted octanol–water partition coefficient (Wildman–Crippen LogP) is 0.823. The Balaban J connectivity index is 1.41. The van der Waals surface area contributed by atoms with Gasteiger partial charge in [-0.3, -0.25) is 9.48 Å². The Hall–Kier alpha value is -2.29. The molecule has 0 radical (unpaired) electrons. The highest BCUT2D eigenvalue weighted by Gasteiger charge is 2.50. The van der Waals surface area contributed by atoms with Crippen LogP contribution in [-0.4, -0.2) is 61.4 Å². The molecule has 4 rings (SSSR count). The fourth-order valence-corrected chi connectivity index (χ4v) is 3.43. The van der Waals surface area contributed by atoms with E-state index in [4.69, 9.17) is 4.74 Å². The van der Waals surface area contributed by atoms with E-state index in [-0.39, 0.29) is 36.7 Å². The van der Waals surface area contributed by atoms with Crippen molar-refractivity contribution >= 4 is 5.91 Å². The van der Waals surface area contributed by atoms with Gasteiger partial charge in [0, 0.05) is 25.9 Å². The van der Waals surface area contributed by atoms with Gasteiger partial charge in [-0.15, -0.1) is 5.10 Å². The number of rotatable bonds is 4. The number of hydrogen-bond acceptors (Lipinski definition) is 5. The minimum absolute atomic E-state index is 0.00377. The molecule has 2 saturated heterocycles. The third-order valence-electron chi connectivity index (χ3n) is 4.99. The van der Waals surface area contributed by atoms with Crippen LogP contribution in [0.25, 0.3) is 5.82 Å². The van der Waals surface area contributed by atoms with Crippen molar-refractivity contribution in [3.05, 3.63) is 24.2 Å². The fourth-order valence-electron chi connectivity index (χ4n) is 3.43. The molecule has 2 aromatic heterocycles. The Bertz CT molecular complexity index is 775. The predicted molar refractivity (Wildman–Crippen MR) is 85.6 cm³/mol. The molecule has 2 aromatic rings. The van der Waals surface area contributed by atoms with Crippen molar-refractivity contribution in [3.8, 4) is 5.82 Å². The highest BCUT2D eigenvalue weighted by atomic mass is 19.1. The van der Waals surface area contributed by atoms with E-state index in [9.17, 15) is 4.79 Å². The molecule has 2 aliphatic heterocycles. The largest absolute Gasteiger partial charge is 0.377 e. The number of ether oxygens (including phenoxy) is 1. The van der Waals surface area contributed by atoms with Crippen LogP contribution in [0.5, 0.6) is 0 Å². The number of carbonyl (C=O) groups is 1. The molecule has 2 aliphatic rings. The fraction of sp³-hybridized carbons (Fsp3) is 0.625. The van der Waals surface area contributed by atoms with Crippen LogP contribution >= 0.6 is 0 Å². The average molecular weight is 348 g/mol. The van der Waals surface area contributed by atoms with Crippen molar-refractivity contribution in [2.45, 2.75) is 31.5 Å². The lowest BCUT2D eigenvalue weighted by Crippen LogP contribution is -2.60. The molecule has 1 amide bonds. The summed E-state index contributed by atoms with van der Waals surface area (Å²) in [6.45, 7) is 2.56. The molecule has 0 bridgehead atoms. The smallest absolute Gasteiger partial charge is 0.228 e. The van der Waals surface area contributed by atoms with Gasteiger partial charge in [-0.25, -0.2) is 9.07 Å². The first kappa shape index (κ1) is 16.2. The summed E-state index contributed by atoms with van der Waals surface area (Å²) in [5.41, 5.74) is -1.43. The normalized spacial score (nSPS) is 23.5. The number of carbonyl (C=O) groups excluding carboxylic acids is 1. The first-order valence-corrected chi connectivity index (χ1v) is 8.48. The number of alkyl halides is 1. The van der Waals surface area contributed by atoms with E-state index in [1.165, 1.54) is 15.8 Å². The number of hydrogen-bond donors (Lipinski definition) is 0. The maximum Gasteiger partial charge on any atom is 0.228 e. The highest BCUT2D eigenvalue weighted by molar-refractivity contribution is 5.80. The molecule has 0 aromatic carbocycles. The Kier molecular flexibility index (Phi) is 3.82. The summed E-state index contributed by atoms with van der Waals surface area (Å²) in [7, 11) is 1.79. The number of aryl methyl sites for hydroxylation is 1. The third-order valence-corrected chi connectivity index (χ3v) is 4.99. The lowest BCUT2D eigenvalue weighted by molar-refractivity contribution is -0.154. The molecule has 0 aliphatic carbocycles. The number of aromatic nitrogens is 5. The van der Waals surface area contributed by atoms with Crippen LogP contribution < -0.4 is 0 Å². The molecular weight excluding hydrogens is 327 g/mol. The van der Waals surface area contributed by atoms with Gasteiger partial charge in [0.25, 0.3) is 0 Å². The van der Waals surface area contributed by atoms with Crippen LogP contribution in [0, 0.1) is 5.92 Å². The number of amides is 1. The van der Waals surface area contributed by atoms with E-state index < -0.39 is 5.67 Å². The minimum atomic E-state index is -1.65. The second-order valence-corrected chi connectivity index (χ2v) is 6.90. The lowest BCUT2D eigenvalue weighted by atomic mass is 9.90. The van der Waals surface area contributed by atoms with Crippen molar-refractivity contribution in [2.24, 2.45) is 13.0 Å². The van der Waals surface area contributed by atoms with E-state index in [2.05, 4.69) is 15.4 Å². The van der Waals surface area contributed by atoms with E-state index in [1.807, 2.05) is 6.92 Å². The van der Waals surface area contributed by atoms with E-state index >= 15 is 4.39 Å². The SMILES string of the molecule is CC(C(=O)N1CC(F)(c2cn(-c3ccn(C)n3)nn2)C1)C1CCCO1. The standard InChI is InChI=1S/C16H21FN6O2/c1-11(12-4-3-7-25-12)15(24)22-9-16(17,10-22)13-8-23(20-18-13)14-5-6-21(2)19-14/h5-6,8,11-12H,3-4,7,9-10H2,1-2H3. The summed E-state index contributed by atoms with van der Waals surface area (Å²) in [5.74, 6) is 0.276. The topological polar surface area (TPSA) is 78.1 Å². The molecule has 0 saturated carbocycles. The van der Waals surface area contributed by atoms with Gasteiger partial charge >= 0.3 is 0 Å². The van der Waals surface area contributed by atoms with Crippen LogP contribution in [0.1, 0.15) is 25.5 Å². The molecule has 0 N–H and O–H groups in total. The van der Waals surface area contributed by atoms with Crippen molar-refractivity contribution in [3.63, 3.8) is 0 Å². The lowest BCUT2D eigenvalue weighted by Gasteiger charge is -2.44. The van der Waals surface area contributed by atoms with Gasteiger partial charge in [-0.1, -0.05) is 12.1 Å². The molecule has 2 unspecified atom stereocenters. The number of halogens is 1. The Morgan fingerprint density at radius 3 is 2.92 bits per heavy atom. The number of likely N-dealkylation sites (tertiary alicyclic amines) is 1. The van der Waals surface area contributed by atoms with Crippen molar-refractivity contribution in [1.82, 2.24) is 29.7 Å². The molecule has 8 nitrogen and oxygen atoms in total. The average Bonchev–Trinajstić information content (AvgIpc) is 3.30. The van der Waals surface area contributed by atoms with Gasteiger partial charge < -0.3 is 9.64 Å². The summed E-state index contributed by atoms with van der Waals surface area (Å²) < 4.78 is 23.7. The molecule has 4 heterocycles. The maximum atomic E-state index is 15.1. The van der Waals surface area contributed by atoms with Crippen LogP contribution in [0.15, 0.2) is 18.5 Å². The molecule has 0 spiro atoms. The zero-order chi connectivity index (χ0) is 17.6. The van der Waals surface area contributed by atoms with Gasteiger partial charge in [-0.05, 0) is 12.8 Å². The van der Waals surface area contributed by atoms with Gasteiger partial charge in [0.1, 0.15) is 5.69 Å². The molecule has 2 fully saturated rings. The first-order valence-electron chi connectivity index (χ1n) is 8.48. The second kappa shape index (κ2) is 5.91. The monoisotopic (exact) mass is 348 g/mol. The minimum Gasteiger partial charge on any atom is -0.377 e. The summed E-state index contributed by atoms with van der Waals surface area (Å²) in [6.07, 6.45) is 5.13. The molecule has 2 atom stereocenters. The van der Waals surface area contributed by atoms with Gasteiger partial charge in [0.15, 0.2) is 11.5 Å². The zero-order valence-corrected chi connectivity index (χ0v) is 14.3. The van der Waals surface area contributed by atoms with Gasteiger partial charge in [-0.2, -0.15) is 5.10 Å². The number of nitrogens with zero attached hydrogens (tertiary/aromatic N) is 6. The summed E-state index contributed by atoms with van der Waals surface area (Å²) >= 11 is 0. The summed E-state index contributed by atoms with van der Waals surface area (Å²) in [4.78, 5) is 14.0. The van der Waals surface area contributed by atoms with Crippen molar-refractivity contribution < 1.29 is 13.9 Å². The van der Waals surface area contributed by atoms with Crippen molar-refractivity contribution in [2.75, 3.05) is 19.7 Å². The van der Waals surface area contributed by atoms with Crippen LogP contribution in [0.3, 0.4) is 0 Å². The van der Waals surface area contributed by atoms with E-state index in [0.29, 0.717) is 12.4 Å². The Morgan fingerprint density at radius 1 is 1.48 bits per heavy atom. The zero-order valence-electron chi connectivity index (χ0n) is 14.3. The van der Waals surface area contributed by atoms with Gasteiger partial charge in [0.2, 0.25) is 5.91 Å². The van der Waals surface area contributed by atoms with E-state index in [0.717, 1.165) is 12.8 Å². The maximum absolute atomic E-state index is 15.1. The highest BCUT2D eigenvalue weighted by Crippen LogP contribution is 2.36. The second-order valence-electron chi connectivity index (χ2n) is 6.90. The first-order chi connectivity index (χ1) is 12.0. The molecule has 134 valence electrons. The van der Waals surface area contributed by atoms with Gasteiger partial charge in [0.05, 0.1) is 31.3 Å². The molecule has 25 heavy (non-hydrogen) atoms.